The number of nitrogens with one attached hydrogen (secondary N) is 1. The van der Waals surface area contributed by atoms with E-state index >= 15 is 0 Å². The van der Waals surface area contributed by atoms with E-state index in [4.69, 9.17) is 9.84 Å². The van der Waals surface area contributed by atoms with Crippen molar-refractivity contribution in [3.63, 3.8) is 0 Å². The lowest BCUT2D eigenvalue weighted by Crippen LogP contribution is -2.16. The van der Waals surface area contributed by atoms with Crippen molar-refractivity contribution in [2.45, 2.75) is 31.7 Å². The van der Waals surface area contributed by atoms with E-state index in [1.807, 2.05) is 0 Å². The minimum atomic E-state index is 0.112. The van der Waals surface area contributed by atoms with Crippen molar-refractivity contribution in [1.82, 2.24) is 5.32 Å². The zero-order chi connectivity index (χ0) is 12.6. The molecule has 2 rings (SSSR count). The van der Waals surface area contributed by atoms with Gasteiger partial charge in [-0.15, -0.1) is 0 Å². The van der Waals surface area contributed by atoms with Crippen LogP contribution in [-0.4, -0.2) is 31.5 Å². The van der Waals surface area contributed by atoms with Crippen molar-refractivity contribution in [3.05, 3.63) is 35.4 Å². The Bertz CT molecular complexity index is 333. The Hall–Kier alpha value is -0.900. The minimum absolute atomic E-state index is 0.112. The molecule has 2 N–H and O–H groups in total. The van der Waals surface area contributed by atoms with E-state index in [1.165, 1.54) is 24.0 Å². The van der Waals surface area contributed by atoms with Gasteiger partial charge in [0.1, 0.15) is 0 Å². The van der Waals surface area contributed by atoms with Gasteiger partial charge in [-0.25, -0.2) is 0 Å². The first-order valence-electron chi connectivity index (χ1n) is 6.88. The van der Waals surface area contributed by atoms with Gasteiger partial charge in [0, 0.05) is 13.2 Å². The first kappa shape index (κ1) is 13.5. The first-order chi connectivity index (χ1) is 8.90. The number of ether oxygens (including phenoxy) is 1. The maximum atomic E-state index is 8.54. The second-order valence-electron chi connectivity index (χ2n) is 4.88. The van der Waals surface area contributed by atoms with E-state index in [0.29, 0.717) is 13.2 Å². The molecular weight excluding hydrogens is 226 g/mol. The number of rotatable bonds is 9. The monoisotopic (exact) mass is 249 g/mol. The molecular formula is C15H23NO2. The SMILES string of the molecule is OCCOCCCNCc1ccc(C2CC2)cc1. The van der Waals surface area contributed by atoms with Crippen molar-refractivity contribution < 1.29 is 9.84 Å². The van der Waals surface area contributed by atoms with Gasteiger partial charge in [0.05, 0.1) is 13.2 Å². The molecule has 1 aliphatic rings. The highest BCUT2D eigenvalue weighted by Crippen LogP contribution is 2.39. The molecule has 0 atom stereocenters. The average Bonchev–Trinajstić information content (AvgIpc) is 3.23. The van der Waals surface area contributed by atoms with E-state index < -0.39 is 0 Å². The highest BCUT2D eigenvalue weighted by Gasteiger charge is 2.22. The van der Waals surface area contributed by atoms with Gasteiger partial charge in [-0.1, -0.05) is 24.3 Å². The van der Waals surface area contributed by atoms with Gasteiger partial charge in [0.2, 0.25) is 0 Å². The van der Waals surface area contributed by atoms with Crippen LogP contribution >= 0.6 is 0 Å². The Labute approximate surface area is 109 Å². The predicted octanol–water partition coefficient (Wildman–Crippen LogP) is 2.05. The molecule has 100 valence electrons. The summed E-state index contributed by atoms with van der Waals surface area (Å²) in [6, 6.07) is 8.98. The number of benzene rings is 1. The molecule has 0 saturated heterocycles. The van der Waals surface area contributed by atoms with Gasteiger partial charge in [0.25, 0.3) is 0 Å². The molecule has 1 fully saturated rings. The summed E-state index contributed by atoms with van der Waals surface area (Å²) in [5.74, 6) is 0.843. The fourth-order valence-corrected chi connectivity index (χ4v) is 2.02. The molecule has 0 spiro atoms. The molecule has 3 heteroatoms. The molecule has 18 heavy (non-hydrogen) atoms. The molecule has 0 unspecified atom stereocenters. The zero-order valence-electron chi connectivity index (χ0n) is 10.9. The Balaban J connectivity index is 1.55. The second kappa shape index (κ2) is 7.52. The topological polar surface area (TPSA) is 41.5 Å². The molecule has 0 aliphatic heterocycles. The van der Waals surface area contributed by atoms with Crippen molar-refractivity contribution in [3.8, 4) is 0 Å². The summed E-state index contributed by atoms with van der Waals surface area (Å²) in [5.41, 5.74) is 2.84. The minimum Gasteiger partial charge on any atom is -0.394 e. The van der Waals surface area contributed by atoms with Gasteiger partial charge in [-0.05, 0) is 42.9 Å². The Morgan fingerprint density at radius 2 is 1.94 bits per heavy atom. The van der Waals surface area contributed by atoms with Crippen LogP contribution in [0.15, 0.2) is 24.3 Å². The van der Waals surface area contributed by atoms with Crippen LogP contribution in [0.4, 0.5) is 0 Å². The summed E-state index contributed by atoms with van der Waals surface area (Å²) >= 11 is 0. The number of hydrogen-bond acceptors (Lipinski definition) is 3. The third-order valence-corrected chi connectivity index (χ3v) is 3.24. The summed E-state index contributed by atoms with van der Waals surface area (Å²) in [4.78, 5) is 0. The summed E-state index contributed by atoms with van der Waals surface area (Å²) in [7, 11) is 0. The molecule has 0 amide bonds. The maximum absolute atomic E-state index is 8.54. The van der Waals surface area contributed by atoms with Crippen LogP contribution in [-0.2, 0) is 11.3 Å². The Morgan fingerprint density at radius 1 is 1.17 bits per heavy atom. The fraction of sp³-hybridized carbons (Fsp3) is 0.600. The van der Waals surface area contributed by atoms with Crippen LogP contribution in [0.3, 0.4) is 0 Å². The standard InChI is InChI=1S/C15H23NO2/c17-9-11-18-10-1-8-16-12-13-2-4-14(5-3-13)15-6-7-15/h2-5,15-17H,1,6-12H2. The Kier molecular flexibility index (Phi) is 5.65. The summed E-state index contributed by atoms with van der Waals surface area (Å²) < 4.78 is 5.19. The molecule has 1 saturated carbocycles. The third kappa shape index (κ3) is 4.77. The third-order valence-electron chi connectivity index (χ3n) is 3.24. The predicted molar refractivity (Wildman–Crippen MR) is 72.6 cm³/mol. The van der Waals surface area contributed by atoms with Gasteiger partial charge >= 0.3 is 0 Å². The molecule has 1 aromatic carbocycles. The van der Waals surface area contributed by atoms with Crippen LogP contribution in [0, 0.1) is 0 Å². The van der Waals surface area contributed by atoms with Gasteiger partial charge in [-0.2, -0.15) is 0 Å². The Morgan fingerprint density at radius 3 is 2.61 bits per heavy atom. The highest BCUT2D eigenvalue weighted by molar-refractivity contribution is 5.27. The molecule has 1 aliphatic carbocycles. The molecule has 0 heterocycles. The van der Waals surface area contributed by atoms with E-state index in [9.17, 15) is 0 Å². The molecule has 0 radical (unpaired) electrons. The first-order valence-corrected chi connectivity index (χ1v) is 6.88. The average molecular weight is 249 g/mol. The number of aliphatic hydroxyl groups excluding tert-OH is 1. The van der Waals surface area contributed by atoms with E-state index in [1.54, 1.807) is 0 Å². The maximum Gasteiger partial charge on any atom is 0.0697 e. The fourth-order valence-electron chi connectivity index (χ4n) is 2.02. The summed E-state index contributed by atoms with van der Waals surface area (Å²) in [5, 5.41) is 11.9. The van der Waals surface area contributed by atoms with Crippen LogP contribution < -0.4 is 5.32 Å². The smallest absolute Gasteiger partial charge is 0.0697 e. The van der Waals surface area contributed by atoms with Gasteiger partial charge in [-0.3, -0.25) is 0 Å². The molecule has 0 aromatic heterocycles. The molecule has 1 aromatic rings. The van der Waals surface area contributed by atoms with Crippen LogP contribution in [0.2, 0.25) is 0 Å². The van der Waals surface area contributed by atoms with Crippen molar-refractivity contribution >= 4 is 0 Å². The van der Waals surface area contributed by atoms with Crippen LogP contribution in [0.1, 0.15) is 36.3 Å². The van der Waals surface area contributed by atoms with E-state index in [2.05, 4.69) is 29.6 Å². The number of aliphatic hydroxyl groups is 1. The van der Waals surface area contributed by atoms with E-state index in [-0.39, 0.29) is 6.61 Å². The van der Waals surface area contributed by atoms with Crippen LogP contribution in [0.25, 0.3) is 0 Å². The van der Waals surface area contributed by atoms with Crippen LogP contribution in [0.5, 0.6) is 0 Å². The number of hydrogen-bond donors (Lipinski definition) is 2. The summed E-state index contributed by atoms with van der Waals surface area (Å²) in [6.45, 7) is 3.15. The van der Waals surface area contributed by atoms with Gasteiger partial charge in [0.15, 0.2) is 0 Å². The lowest BCUT2D eigenvalue weighted by molar-refractivity contribution is 0.0907. The van der Waals surface area contributed by atoms with Crippen molar-refractivity contribution in [1.29, 1.82) is 0 Å². The van der Waals surface area contributed by atoms with Gasteiger partial charge < -0.3 is 15.2 Å². The summed E-state index contributed by atoms with van der Waals surface area (Å²) in [6.07, 6.45) is 3.72. The van der Waals surface area contributed by atoms with Crippen molar-refractivity contribution in [2.75, 3.05) is 26.4 Å². The quantitative estimate of drug-likeness (QED) is 0.658. The lowest BCUT2D eigenvalue weighted by atomic mass is 10.1. The lowest BCUT2D eigenvalue weighted by Gasteiger charge is -2.06. The largest absolute Gasteiger partial charge is 0.394 e. The zero-order valence-corrected chi connectivity index (χ0v) is 10.9. The normalized spacial score (nSPS) is 14.9. The van der Waals surface area contributed by atoms with E-state index in [0.717, 1.165) is 25.4 Å². The molecule has 0 bridgehead atoms. The van der Waals surface area contributed by atoms with Crippen molar-refractivity contribution in [2.24, 2.45) is 0 Å². The highest BCUT2D eigenvalue weighted by atomic mass is 16.5. The molecule has 3 nitrogen and oxygen atoms in total. The second-order valence-corrected chi connectivity index (χ2v) is 4.88.